The number of anilines is 1. The van der Waals surface area contributed by atoms with Gasteiger partial charge in [-0.2, -0.15) is 5.10 Å². The molecule has 2 aromatic carbocycles. The topological polar surface area (TPSA) is 80.9 Å². The summed E-state index contributed by atoms with van der Waals surface area (Å²) in [6, 6.07) is 15.6. The molecule has 1 aliphatic heterocycles. The average Bonchev–Trinajstić information content (AvgIpc) is 3.40. The minimum Gasteiger partial charge on any atom is -0.320 e. The maximum atomic E-state index is 14.0. The molecule has 5 rings (SSSR count). The van der Waals surface area contributed by atoms with E-state index in [4.69, 9.17) is 0 Å². The Morgan fingerprint density at radius 1 is 1.10 bits per heavy atom. The number of hydrogen-bond acceptors (Lipinski definition) is 4. The van der Waals surface area contributed by atoms with E-state index in [9.17, 15) is 9.18 Å². The fourth-order valence-electron chi connectivity index (χ4n) is 3.88. The zero-order chi connectivity index (χ0) is 21.4. The van der Waals surface area contributed by atoms with Gasteiger partial charge in [-0.05, 0) is 24.3 Å². The lowest BCUT2D eigenvalue weighted by Crippen LogP contribution is -2.39. The van der Waals surface area contributed by atoms with Gasteiger partial charge in [0.15, 0.2) is 5.82 Å². The molecule has 1 aliphatic rings. The maximum Gasteiger partial charge on any atom is 0.322 e. The van der Waals surface area contributed by atoms with E-state index >= 15 is 0 Å². The predicted molar refractivity (Wildman–Crippen MR) is 113 cm³/mol. The fraction of sp³-hybridized carbons (Fsp3) is 0.182. The number of hydrogen-bond donors (Lipinski definition) is 1. The Hall–Kier alpha value is -4.01. The van der Waals surface area contributed by atoms with Crippen molar-refractivity contribution in [2.45, 2.75) is 13.0 Å². The Labute approximate surface area is 177 Å². The van der Waals surface area contributed by atoms with E-state index in [0.29, 0.717) is 31.0 Å². The third-order valence-corrected chi connectivity index (χ3v) is 5.44. The Bertz CT molecular complexity index is 1250. The van der Waals surface area contributed by atoms with Gasteiger partial charge in [0.1, 0.15) is 17.8 Å². The van der Waals surface area contributed by atoms with Gasteiger partial charge in [-0.15, -0.1) is 10.2 Å². The van der Waals surface area contributed by atoms with Gasteiger partial charge < -0.3 is 10.2 Å². The number of rotatable bonds is 3. The summed E-state index contributed by atoms with van der Waals surface area (Å²) in [5, 5.41) is 15.7. The molecule has 0 spiro atoms. The van der Waals surface area contributed by atoms with Crippen molar-refractivity contribution in [3.63, 3.8) is 0 Å². The molecule has 2 aromatic heterocycles. The molecule has 0 unspecified atom stereocenters. The summed E-state index contributed by atoms with van der Waals surface area (Å²) in [5.41, 5.74) is 3.73. The summed E-state index contributed by atoms with van der Waals surface area (Å²) in [6.45, 7) is 0.859. The zero-order valence-corrected chi connectivity index (χ0v) is 16.9. The first kappa shape index (κ1) is 19.0. The highest BCUT2D eigenvalue weighted by atomic mass is 19.1. The molecule has 9 heteroatoms. The number of urea groups is 1. The van der Waals surface area contributed by atoms with Gasteiger partial charge in [0.2, 0.25) is 0 Å². The Kier molecular flexibility index (Phi) is 4.70. The van der Waals surface area contributed by atoms with Crippen molar-refractivity contribution in [3.05, 3.63) is 78.0 Å². The van der Waals surface area contributed by atoms with E-state index in [1.165, 1.54) is 6.07 Å². The molecule has 0 aliphatic carbocycles. The van der Waals surface area contributed by atoms with Crippen LogP contribution in [0, 0.1) is 5.82 Å². The number of nitrogens with zero attached hydrogens (tertiary/aromatic N) is 6. The summed E-state index contributed by atoms with van der Waals surface area (Å²) in [5.74, 6) is 0.144. The Morgan fingerprint density at radius 3 is 2.68 bits per heavy atom. The van der Waals surface area contributed by atoms with Crippen molar-refractivity contribution >= 4 is 11.7 Å². The van der Waals surface area contributed by atoms with Crippen molar-refractivity contribution in [2.75, 3.05) is 11.9 Å². The first-order valence-electron chi connectivity index (χ1n) is 9.93. The molecule has 0 radical (unpaired) electrons. The van der Waals surface area contributed by atoms with E-state index < -0.39 is 5.82 Å². The number of benzene rings is 2. The number of fused-ring (bicyclic) bond motifs is 1. The molecule has 0 saturated carbocycles. The van der Waals surface area contributed by atoms with Gasteiger partial charge in [-0.3, -0.25) is 9.25 Å². The number of carbonyl (C=O) groups is 1. The summed E-state index contributed by atoms with van der Waals surface area (Å²) in [4.78, 5) is 14.5. The second kappa shape index (κ2) is 7.67. The molecule has 31 heavy (non-hydrogen) atoms. The summed E-state index contributed by atoms with van der Waals surface area (Å²) in [7, 11) is 1.89. The van der Waals surface area contributed by atoms with Crippen molar-refractivity contribution in [3.8, 4) is 17.2 Å². The maximum absolute atomic E-state index is 14.0. The summed E-state index contributed by atoms with van der Waals surface area (Å²) in [6.07, 6.45) is 2.29. The van der Waals surface area contributed by atoms with Crippen LogP contribution >= 0.6 is 0 Å². The highest BCUT2D eigenvalue weighted by Gasteiger charge is 2.29. The van der Waals surface area contributed by atoms with Gasteiger partial charge >= 0.3 is 6.03 Å². The fourth-order valence-corrected chi connectivity index (χ4v) is 3.88. The van der Waals surface area contributed by atoms with Crippen LogP contribution in [0.3, 0.4) is 0 Å². The third kappa shape index (κ3) is 3.43. The predicted octanol–water partition coefficient (Wildman–Crippen LogP) is 3.40. The van der Waals surface area contributed by atoms with Crippen LogP contribution in [0.15, 0.2) is 60.9 Å². The van der Waals surface area contributed by atoms with Gasteiger partial charge in [-0.25, -0.2) is 9.18 Å². The number of nitrogens with one attached hydrogen (secondary N) is 1. The van der Waals surface area contributed by atoms with Crippen LogP contribution in [-0.2, 0) is 20.0 Å². The number of aryl methyl sites for hydroxylation is 1. The van der Waals surface area contributed by atoms with E-state index in [1.807, 2.05) is 46.6 Å². The quantitative estimate of drug-likeness (QED) is 0.554. The van der Waals surface area contributed by atoms with Crippen LogP contribution in [0.25, 0.3) is 17.2 Å². The molecule has 156 valence electrons. The zero-order valence-electron chi connectivity index (χ0n) is 16.9. The molecule has 0 bridgehead atoms. The molecular weight excluding hydrogens is 397 g/mol. The average molecular weight is 417 g/mol. The highest BCUT2D eigenvalue weighted by molar-refractivity contribution is 5.89. The van der Waals surface area contributed by atoms with Crippen LogP contribution in [0.2, 0.25) is 0 Å². The van der Waals surface area contributed by atoms with Gasteiger partial charge in [0.25, 0.3) is 0 Å². The molecule has 3 heterocycles. The third-order valence-electron chi connectivity index (χ3n) is 5.44. The minimum absolute atomic E-state index is 0.161. The van der Waals surface area contributed by atoms with Crippen molar-refractivity contribution in [1.82, 2.24) is 29.4 Å². The minimum atomic E-state index is -0.466. The lowest BCUT2D eigenvalue weighted by atomic mass is 10.0. The van der Waals surface area contributed by atoms with Crippen molar-refractivity contribution in [2.24, 2.45) is 7.05 Å². The van der Waals surface area contributed by atoms with Gasteiger partial charge in [0, 0.05) is 37.0 Å². The Morgan fingerprint density at radius 2 is 1.87 bits per heavy atom. The molecule has 1 N–H and O–H groups in total. The van der Waals surface area contributed by atoms with Crippen LogP contribution in [0.4, 0.5) is 14.9 Å². The lowest BCUT2D eigenvalue weighted by molar-refractivity contribution is 0.205. The SMILES string of the molecule is Cn1nc(-c2nncn2-c2ccccc2)c2c1CCN(C(=O)Nc1ccccc1F)C2. The first-order valence-corrected chi connectivity index (χ1v) is 9.93. The molecule has 0 atom stereocenters. The van der Waals surface area contributed by atoms with E-state index in [2.05, 4.69) is 20.6 Å². The molecule has 2 amide bonds. The van der Waals surface area contributed by atoms with Gasteiger partial charge in [0.05, 0.1) is 12.2 Å². The summed E-state index contributed by atoms with van der Waals surface area (Å²) < 4.78 is 17.7. The molecule has 4 aromatic rings. The van der Waals surface area contributed by atoms with Crippen LogP contribution in [0.1, 0.15) is 11.3 Å². The molecule has 8 nitrogen and oxygen atoms in total. The second-order valence-corrected chi connectivity index (χ2v) is 7.34. The smallest absolute Gasteiger partial charge is 0.320 e. The number of aromatic nitrogens is 5. The number of amides is 2. The Balaban J connectivity index is 1.46. The second-order valence-electron chi connectivity index (χ2n) is 7.34. The van der Waals surface area contributed by atoms with Crippen LogP contribution in [0.5, 0.6) is 0 Å². The monoisotopic (exact) mass is 417 g/mol. The van der Waals surface area contributed by atoms with Crippen molar-refractivity contribution < 1.29 is 9.18 Å². The normalized spacial score (nSPS) is 13.2. The van der Waals surface area contributed by atoms with Gasteiger partial charge in [-0.1, -0.05) is 30.3 Å². The molecule has 0 fully saturated rings. The number of para-hydroxylation sites is 2. The standard InChI is InChI=1S/C22H20FN7O/c1-28-19-11-12-29(22(31)25-18-10-6-5-9-17(18)23)13-16(19)20(27-28)21-26-24-14-30(21)15-7-3-2-4-8-15/h2-10,14H,11-13H2,1H3,(H,25,31). The lowest BCUT2D eigenvalue weighted by Gasteiger charge is -2.28. The molecular formula is C22H20FN7O. The highest BCUT2D eigenvalue weighted by Crippen LogP contribution is 2.30. The van der Waals surface area contributed by atoms with E-state index in [-0.39, 0.29) is 11.7 Å². The van der Waals surface area contributed by atoms with E-state index in [1.54, 1.807) is 29.4 Å². The largest absolute Gasteiger partial charge is 0.322 e. The van der Waals surface area contributed by atoms with Crippen LogP contribution in [-0.4, -0.2) is 42.0 Å². The van der Waals surface area contributed by atoms with Crippen molar-refractivity contribution in [1.29, 1.82) is 0 Å². The summed E-state index contributed by atoms with van der Waals surface area (Å²) >= 11 is 0. The van der Waals surface area contributed by atoms with E-state index in [0.717, 1.165) is 16.9 Å². The van der Waals surface area contributed by atoms with Crippen LogP contribution < -0.4 is 5.32 Å². The first-order chi connectivity index (χ1) is 15.1. The number of halogens is 1. The molecule has 0 saturated heterocycles. The number of carbonyl (C=O) groups excluding carboxylic acids is 1.